The maximum absolute atomic E-state index is 14.3. The van der Waals surface area contributed by atoms with Crippen LogP contribution in [0.2, 0.25) is 0 Å². The summed E-state index contributed by atoms with van der Waals surface area (Å²) in [6, 6.07) is 53.5. The fourth-order valence-corrected chi connectivity index (χ4v) is 7.22. The van der Waals surface area contributed by atoms with Crippen LogP contribution in [0.1, 0.15) is 0 Å². The first-order valence-corrected chi connectivity index (χ1v) is 17.8. The number of rotatable bonds is 8. The monoisotopic (exact) mass is 725 g/mol. The van der Waals surface area contributed by atoms with Gasteiger partial charge in [-0.2, -0.15) is 0 Å². The lowest BCUT2D eigenvalue weighted by Gasteiger charge is -2.25. The van der Waals surface area contributed by atoms with Crippen LogP contribution in [-0.4, -0.2) is 4.98 Å². The van der Waals surface area contributed by atoms with Crippen molar-refractivity contribution in [2.24, 2.45) is 0 Å². The van der Waals surface area contributed by atoms with Gasteiger partial charge in [0.25, 0.3) is 0 Å². The fraction of sp³-hybridized carbons (Fsp3) is 0. The minimum absolute atomic E-state index is 0.379. The van der Waals surface area contributed by atoms with E-state index in [-0.39, 0.29) is 23.3 Å². The minimum Gasteiger partial charge on any atom is -0.355 e. The Morgan fingerprint density at radius 2 is 0.600 bits per heavy atom. The topological polar surface area (TPSA) is 22.3 Å². The Labute approximate surface area is 315 Å². The van der Waals surface area contributed by atoms with Crippen LogP contribution in [0.25, 0.3) is 44.1 Å². The van der Waals surface area contributed by atoms with Gasteiger partial charge in [0.1, 0.15) is 23.3 Å². The molecule has 0 bridgehead atoms. The van der Waals surface area contributed by atoms with Crippen LogP contribution in [0.4, 0.5) is 51.7 Å². The molecule has 0 unspecified atom stereocenters. The Kier molecular flexibility index (Phi) is 8.59. The molecule has 1 N–H and O–H groups in total. The predicted molar refractivity (Wildman–Crippen MR) is 216 cm³/mol. The molecule has 0 saturated heterocycles. The normalized spacial score (nSPS) is 11.3. The quantitative estimate of drug-likeness (QED) is 0.158. The van der Waals surface area contributed by atoms with Gasteiger partial charge in [-0.1, -0.05) is 60.7 Å². The van der Waals surface area contributed by atoms with E-state index in [1.807, 2.05) is 58.3 Å². The number of aromatic nitrogens is 1. The third-order valence-electron chi connectivity index (χ3n) is 9.78. The molecular formula is C48H31F4N3. The van der Waals surface area contributed by atoms with Gasteiger partial charge in [0, 0.05) is 55.9 Å². The SMILES string of the molecule is Fc1cccc(N(c2ccc(-c3ccc4[nH]c5ccc(-c6ccc(N(c7cccc(F)c7)c7cccc(F)c7)cc6)cc5c4c3)cc2)c2cccc(F)c2)c1. The lowest BCUT2D eigenvalue weighted by atomic mass is 9.99. The van der Waals surface area contributed by atoms with Crippen molar-refractivity contribution in [1.29, 1.82) is 0 Å². The van der Waals surface area contributed by atoms with E-state index < -0.39 is 0 Å². The second-order valence-corrected chi connectivity index (χ2v) is 13.3. The summed E-state index contributed by atoms with van der Waals surface area (Å²) in [6.45, 7) is 0. The summed E-state index contributed by atoms with van der Waals surface area (Å²) in [6.07, 6.45) is 0. The summed E-state index contributed by atoms with van der Waals surface area (Å²) in [5.41, 5.74) is 9.90. The number of nitrogens with zero attached hydrogens (tertiary/aromatic N) is 2. The molecule has 9 aromatic rings. The van der Waals surface area contributed by atoms with Gasteiger partial charge < -0.3 is 14.8 Å². The molecule has 0 aliphatic carbocycles. The van der Waals surface area contributed by atoms with Crippen molar-refractivity contribution in [2.45, 2.75) is 0 Å². The summed E-state index contributed by atoms with van der Waals surface area (Å²) < 4.78 is 57.3. The van der Waals surface area contributed by atoms with Crippen LogP contribution in [-0.2, 0) is 0 Å². The van der Waals surface area contributed by atoms with E-state index in [4.69, 9.17) is 0 Å². The zero-order chi connectivity index (χ0) is 37.5. The average molecular weight is 726 g/mol. The molecule has 7 heteroatoms. The highest BCUT2D eigenvalue weighted by Crippen LogP contribution is 2.39. The summed E-state index contributed by atoms with van der Waals surface area (Å²) in [5.74, 6) is -1.51. The Balaban J connectivity index is 1.04. The molecule has 8 aromatic carbocycles. The van der Waals surface area contributed by atoms with Gasteiger partial charge in [-0.05, 0) is 144 Å². The predicted octanol–water partition coefficient (Wildman–Crippen LogP) is 14.2. The van der Waals surface area contributed by atoms with Crippen LogP contribution >= 0.6 is 0 Å². The van der Waals surface area contributed by atoms with Crippen molar-refractivity contribution in [1.82, 2.24) is 4.98 Å². The van der Waals surface area contributed by atoms with Crippen LogP contribution in [0, 0.1) is 23.3 Å². The molecule has 0 spiro atoms. The highest BCUT2D eigenvalue weighted by Gasteiger charge is 2.17. The lowest BCUT2D eigenvalue weighted by molar-refractivity contribution is 0.626. The van der Waals surface area contributed by atoms with Gasteiger partial charge in [-0.15, -0.1) is 0 Å². The Hall–Kier alpha value is -7.12. The van der Waals surface area contributed by atoms with Gasteiger partial charge in [0.15, 0.2) is 0 Å². The van der Waals surface area contributed by atoms with E-state index in [2.05, 4.69) is 41.4 Å². The van der Waals surface area contributed by atoms with Crippen LogP contribution in [0.3, 0.4) is 0 Å². The van der Waals surface area contributed by atoms with Gasteiger partial charge in [-0.25, -0.2) is 17.6 Å². The zero-order valence-corrected chi connectivity index (χ0v) is 29.2. The molecule has 0 amide bonds. The van der Waals surface area contributed by atoms with E-state index in [1.54, 1.807) is 48.5 Å². The van der Waals surface area contributed by atoms with Crippen LogP contribution in [0.15, 0.2) is 182 Å². The third-order valence-corrected chi connectivity index (χ3v) is 9.78. The van der Waals surface area contributed by atoms with E-state index in [0.29, 0.717) is 22.7 Å². The molecule has 3 nitrogen and oxygen atoms in total. The Morgan fingerprint density at radius 1 is 0.291 bits per heavy atom. The molecule has 0 radical (unpaired) electrons. The number of fused-ring (bicyclic) bond motifs is 3. The number of benzene rings is 8. The van der Waals surface area contributed by atoms with Crippen LogP contribution < -0.4 is 9.80 Å². The molecule has 0 atom stereocenters. The van der Waals surface area contributed by atoms with Crippen molar-refractivity contribution in [3.63, 3.8) is 0 Å². The van der Waals surface area contributed by atoms with E-state index in [0.717, 1.165) is 55.4 Å². The molecule has 1 aromatic heterocycles. The third kappa shape index (κ3) is 6.68. The first kappa shape index (κ1) is 33.7. The van der Waals surface area contributed by atoms with Crippen molar-refractivity contribution in [3.05, 3.63) is 205 Å². The summed E-state index contributed by atoms with van der Waals surface area (Å²) >= 11 is 0. The number of H-pyrrole nitrogens is 1. The molecule has 266 valence electrons. The molecule has 1 heterocycles. The van der Waals surface area contributed by atoms with Gasteiger partial charge in [0.05, 0.1) is 0 Å². The lowest BCUT2D eigenvalue weighted by Crippen LogP contribution is -2.10. The second-order valence-electron chi connectivity index (χ2n) is 13.3. The maximum atomic E-state index is 14.3. The largest absolute Gasteiger partial charge is 0.355 e. The van der Waals surface area contributed by atoms with Gasteiger partial charge in [-0.3, -0.25) is 0 Å². The number of hydrogen-bond acceptors (Lipinski definition) is 2. The maximum Gasteiger partial charge on any atom is 0.125 e. The first-order valence-electron chi connectivity index (χ1n) is 17.8. The van der Waals surface area contributed by atoms with Crippen molar-refractivity contribution in [2.75, 3.05) is 9.80 Å². The van der Waals surface area contributed by atoms with Crippen LogP contribution in [0.5, 0.6) is 0 Å². The van der Waals surface area contributed by atoms with E-state index in [1.165, 1.54) is 48.5 Å². The minimum atomic E-state index is -0.379. The van der Waals surface area contributed by atoms with Gasteiger partial charge in [0.2, 0.25) is 0 Å². The van der Waals surface area contributed by atoms with Crippen molar-refractivity contribution < 1.29 is 17.6 Å². The summed E-state index contributed by atoms with van der Waals surface area (Å²) in [7, 11) is 0. The highest BCUT2D eigenvalue weighted by molar-refractivity contribution is 6.09. The first-order chi connectivity index (χ1) is 26.9. The van der Waals surface area contributed by atoms with Crippen molar-refractivity contribution in [3.8, 4) is 22.3 Å². The number of hydrogen-bond donors (Lipinski definition) is 1. The number of nitrogens with one attached hydrogen (secondary N) is 1. The highest BCUT2D eigenvalue weighted by atomic mass is 19.1. The van der Waals surface area contributed by atoms with Gasteiger partial charge >= 0.3 is 0 Å². The molecule has 0 saturated carbocycles. The summed E-state index contributed by atoms with van der Waals surface area (Å²) in [5, 5.41) is 2.14. The molecule has 0 fully saturated rings. The second kappa shape index (κ2) is 14.0. The summed E-state index contributed by atoms with van der Waals surface area (Å²) in [4.78, 5) is 7.19. The van der Waals surface area contributed by atoms with E-state index >= 15 is 0 Å². The van der Waals surface area contributed by atoms with E-state index in [9.17, 15) is 17.6 Å². The number of halogens is 4. The zero-order valence-electron chi connectivity index (χ0n) is 29.2. The molecular weight excluding hydrogens is 695 g/mol. The smallest absolute Gasteiger partial charge is 0.125 e. The molecule has 0 aliphatic heterocycles. The molecule has 0 aliphatic rings. The molecule has 9 rings (SSSR count). The number of anilines is 6. The van der Waals surface area contributed by atoms with Crippen molar-refractivity contribution >= 4 is 55.9 Å². The number of aromatic amines is 1. The standard InChI is InChI=1S/C48H31F4N3/c49-35-5-1-9-41(27-35)54(42-10-2-6-36(50)28-42)39-19-13-31(14-20-39)33-17-23-47-45(25-33)46-26-34(18-24-48(46)53-47)32-15-21-40(22-16-32)55(43-11-3-7-37(51)29-43)44-12-4-8-38(52)30-44/h1-30,53H. The average Bonchev–Trinajstić information content (AvgIpc) is 3.56. The Bertz CT molecular complexity index is 2540. The Morgan fingerprint density at radius 3 is 0.909 bits per heavy atom. The molecule has 55 heavy (non-hydrogen) atoms. The fourth-order valence-electron chi connectivity index (χ4n) is 7.22.